The van der Waals surface area contributed by atoms with Gasteiger partial charge in [0.2, 0.25) is 0 Å². The van der Waals surface area contributed by atoms with Crippen LogP contribution in [-0.2, 0) is 0 Å². The summed E-state index contributed by atoms with van der Waals surface area (Å²) in [6.07, 6.45) is 1.90. The van der Waals surface area contributed by atoms with Crippen LogP contribution in [0.3, 0.4) is 0 Å². The summed E-state index contributed by atoms with van der Waals surface area (Å²) >= 11 is 3.64. The maximum absolute atomic E-state index is 13.1. The average molecular weight is 520 g/mol. The molecular formula is C22H21IN2O3S. The average Bonchev–Trinajstić information content (AvgIpc) is 3.15. The highest BCUT2D eigenvalue weighted by Gasteiger charge is 2.14. The van der Waals surface area contributed by atoms with Gasteiger partial charge in [0, 0.05) is 0 Å². The number of fused-ring (bicyclic) bond motifs is 3. The van der Waals surface area contributed by atoms with E-state index in [4.69, 9.17) is 9.47 Å². The molecule has 0 fully saturated rings. The highest BCUT2D eigenvalue weighted by Crippen LogP contribution is 2.34. The number of rotatable bonds is 5. The van der Waals surface area contributed by atoms with Crippen LogP contribution < -0.4 is 19.6 Å². The lowest BCUT2D eigenvalue weighted by molar-refractivity contribution is 0.286. The van der Waals surface area contributed by atoms with Crippen LogP contribution in [0.2, 0.25) is 0 Å². The minimum Gasteiger partial charge on any atom is -0.490 e. The summed E-state index contributed by atoms with van der Waals surface area (Å²) in [7, 11) is 0. The molecule has 0 amide bonds. The van der Waals surface area contributed by atoms with Gasteiger partial charge >= 0.3 is 0 Å². The van der Waals surface area contributed by atoms with E-state index >= 15 is 0 Å². The van der Waals surface area contributed by atoms with Crippen LogP contribution in [0.15, 0.2) is 29.1 Å². The van der Waals surface area contributed by atoms with Gasteiger partial charge in [0.15, 0.2) is 16.5 Å². The van der Waals surface area contributed by atoms with Crippen LogP contribution in [0.1, 0.15) is 30.5 Å². The maximum atomic E-state index is 13.1. The molecule has 4 aromatic rings. The number of benzene rings is 2. The molecular weight excluding hydrogens is 499 g/mol. The quantitative estimate of drug-likeness (QED) is 0.365. The van der Waals surface area contributed by atoms with Gasteiger partial charge in [0.25, 0.3) is 5.56 Å². The first-order valence-corrected chi connectivity index (χ1v) is 11.4. The Bertz CT molecular complexity index is 1340. The number of aromatic nitrogens is 2. The van der Waals surface area contributed by atoms with Gasteiger partial charge in [-0.3, -0.25) is 4.79 Å². The Hall–Kier alpha value is -2.13. The summed E-state index contributed by atoms with van der Waals surface area (Å²) in [5.74, 6) is 1.44. The monoisotopic (exact) mass is 520 g/mol. The van der Waals surface area contributed by atoms with E-state index in [-0.39, 0.29) is 5.56 Å². The zero-order valence-electron chi connectivity index (χ0n) is 16.7. The van der Waals surface area contributed by atoms with E-state index in [0.717, 1.165) is 31.5 Å². The number of nitrogens with zero attached hydrogens (tertiary/aromatic N) is 2. The van der Waals surface area contributed by atoms with E-state index in [1.165, 1.54) is 16.9 Å². The van der Waals surface area contributed by atoms with Gasteiger partial charge in [-0.2, -0.15) is 0 Å². The van der Waals surface area contributed by atoms with E-state index in [2.05, 4.69) is 41.4 Å². The smallest absolute Gasteiger partial charge is 0.274 e. The third-order valence-electron chi connectivity index (χ3n) is 4.77. The topological polar surface area (TPSA) is 52.8 Å². The van der Waals surface area contributed by atoms with Crippen molar-refractivity contribution in [2.75, 3.05) is 13.2 Å². The molecule has 0 bridgehead atoms. The standard InChI is InChI=1S/C22H21IN2O3S/c1-5-27-18-10-14(9-15(23)20(18)28-6-2)11-19-21(26)25-17-8-13(4)12(3)7-16(17)24-22(25)29-19/h7-11H,5-6H2,1-4H3/b19-11-. The molecule has 0 N–H and O–H groups in total. The van der Waals surface area contributed by atoms with Crippen LogP contribution in [0.4, 0.5) is 0 Å². The van der Waals surface area contributed by atoms with Crippen LogP contribution in [0.25, 0.3) is 22.1 Å². The summed E-state index contributed by atoms with van der Waals surface area (Å²) in [4.78, 5) is 18.5. The van der Waals surface area contributed by atoms with Crippen molar-refractivity contribution in [1.82, 2.24) is 9.38 Å². The Morgan fingerprint density at radius 2 is 1.83 bits per heavy atom. The van der Waals surface area contributed by atoms with Crippen molar-refractivity contribution in [3.05, 3.63) is 59.4 Å². The number of imidazole rings is 1. The van der Waals surface area contributed by atoms with Gasteiger partial charge in [-0.05, 0) is 97.3 Å². The van der Waals surface area contributed by atoms with Crippen molar-refractivity contribution in [2.45, 2.75) is 27.7 Å². The first-order chi connectivity index (χ1) is 13.9. The van der Waals surface area contributed by atoms with Gasteiger partial charge in [-0.1, -0.05) is 11.3 Å². The lowest BCUT2D eigenvalue weighted by atomic mass is 10.1. The molecule has 150 valence electrons. The molecule has 7 heteroatoms. The van der Waals surface area contributed by atoms with Crippen molar-refractivity contribution < 1.29 is 9.47 Å². The molecule has 2 heterocycles. The molecule has 0 aliphatic rings. The van der Waals surface area contributed by atoms with Gasteiger partial charge < -0.3 is 9.47 Å². The lowest BCUT2D eigenvalue weighted by Gasteiger charge is -2.13. The molecule has 0 aliphatic carbocycles. The number of thiazole rings is 1. The molecule has 0 saturated heterocycles. The maximum Gasteiger partial charge on any atom is 0.274 e. The first-order valence-electron chi connectivity index (χ1n) is 9.46. The lowest BCUT2D eigenvalue weighted by Crippen LogP contribution is -2.22. The molecule has 0 radical (unpaired) electrons. The van der Waals surface area contributed by atoms with E-state index in [9.17, 15) is 4.79 Å². The van der Waals surface area contributed by atoms with Crippen LogP contribution >= 0.6 is 33.9 Å². The molecule has 0 unspecified atom stereocenters. The van der Waals surface area contributed by atoms with Crippen LogP contribution in [-0.4, -0.2) is 22.6 Å². The van der Waals surface area contributed by atoms with Gasteiger partial charge in [-0.25, -0.2) is 9.38 Å². The third-order valence-corrected chi connectivity index (χ3v) is 6.54. The summed E-state index contributed by atoms with van der Waals surface area (Å²) < 4.78 is 14.8. The minimum atomic E-state index is -0.0439. The number of halogens is 1. The summed E-state index contributed by atoms with van der Waals surface area (Å²) in [5.41, 5.74) is 4.90. The molecule has 0 atom stereocenters. The molecule has 0 saturated carbocycles. The molecule has 0 spiro atoms. The summed E-state index contributed by atoms with van der Waals surface area (Å²) in [6, 6.07) is 8.00. The predicted octanol–water partition coefficient (Wildman–Crippen LogP) is 4.48. The zero-order chi connectivity index (χ0) is 20.7. The van der Waals surface area contributed by atoms with Gasteiger partial charge in [0.1, 0.15) is 0 Å². The minimum absolute atomic E-state index is 0.0439. The second-order valence-corrected chi connectivity index (χ2v) is 8.94. The fraction of sp³-hybridized carbons (Fsp3) is 0.273. The fourth-order valence-electron chi connectivity index (χ4n) is 3.29. The Morgan fingerprint density at radius 3 is 2.55 bits per heavy atom. The Labute approximate surface area is 186 Å². The normalized spacial score (nSPS) is 12.2. The first kappa shape index (κ1) is 20.2. The summed E-state index contributed by atoms with van der Waals surface area (Å²) in [6.45, 7) is 9.11. The number of hydrogen-bond donors (Lipinski definition) is 0. The van der Waals surface area contributed by atoms with E-state index in [0.29, 0.717) is 28.5 Å². The highest BCUT2D eigenvalue weighted by molar-refractivity contribution is 14.1. The number of hydrogen-bond acceptors (Lipinski definition) is 5. The summed E-state index contributed by atoms with van der Waals surface area (Å²) in [5, 5.41) is 0. The van der Waals surface area contributed by atoms with Crippen molar-refractivity contribution in [2.24, 2.45) is 0 Å². The van der Waals surface area contributed by atoms with Crippen LogP contribution in [0, 0.1) is 17.4 Å². The predicted molar refractivity (Wildman–Crippen MR) is 127 cm³/mol. The van der Waals surface area contributed by atoms with Crippen molar-refractivity contribution in [1.29, 1.82) is 0 Å². The third kappa shape index (κ3) is 3.61. The molecule has 2 aromatic carbocycles. The van der Waals surface area contributed by atoms with Gasteiger partial charge in [-0.15, -0.1) is 0 Å². The zero-order valence-corrected chi connectivity index (χ0v) is 19.7. The molecule has 4 rings (SSSR count). The van der Waals surface area contributed by atoms with Crippen molar-refractivity contribution in [3.8, 4) is 11.5 Å². The van der Waals surface area contributed by atoms with E-state index in [1.807, 2.05) is 44.2 Å². The molecule has 2 aromatic heterocycles. The number of aryl methyl sites for hydroxylation is 2. The SMILES string of the molecule is CCOc1cc(/C=c2\sc3nc4cc(C)c(C)cc4n3c2=O)cc(I)c1OCC. The Morgan fingerprint density at radius 1 is 1.10 bits per heavy atom. The molecule has 29 heavy (non-hydrogen) atoms. The second kappa shape index (κ2) is 7.95. The number of ether oxygens (including phenoxy) is 2. The second-order valence-electron chi connectivity index (χ2n) is 6.77. The van der Waals surface area contributed by atoms with E-state index < -0.39 is 0 Å². The van der Waals surface area contributed by atoms with Crippen molar-refractivity contribution in [3.63, 3.8) is 0 Å². The largest absolute Gasteiger partial charge is 0.490 e. The Kier molecular flexibility index (Phi) is 5.52. The Balaban J connectivity index is 1.89. The fourth-order valence-corrected chi connectivity index (χ4v) is 5.06. The van der Waals surface area contributed by atoms with Gasteiger partial charge in [0.05, 0.1) is 32.3 Å². The van der Waals surface area contributed by atoms with Crippen LogP contribution in [0.5, 0.6) is 11.5 Å². The molecule has 0 aliphatic heterocycles. The van der Waals surface area contributed by atoms with E-state index in [1.54, 1.807) is 4.40 Å². The highest BCUT2D eigenvalue weighted by atomic mass is 127. The van der Waals surface area contributed by atoms with Crippen molar-refractivity contribution >= 4 is 56.0 Å². The molecule has 5 nitrogen and oxygen atoms in total.